The van der Waals surface area contributed by atoms with E-state index in [-0.39, 0.29) is 11.7 Å². The van der Waals surface area contributed by atoms with E-state index in [0.29, 0.717) is 17.4 Å². The van der Waals surface area contributed by atoms with E-state index in [4.69, 9.17) is 0 Å². The zero-order chi connectivity index (χ0) is 12.0. The van der Waals surface area contributed by atoms with Crippen molar-refractivity contribution in [1.82, 2.24) is 10.2 Å². The van der Waals surface area contributed by atoms with Crippen LogP contribution in [-0.4, -0.2) is 42.6 Å². The Morgan fingerprint density at radius 1 is 1.41 bits per heavy atom. The summed E-state index contributed by atoms with van der Waals surface area (Å²) < 4.78 is 0. The quantitative estimate of drug-likeness (QED) is 0.695. The van der Waals surface area contributed by atoms with Crippen LogP contribution in [0.2, 0.25) is 0 Å². The minimum Gasteiger partial charge on any atom is -0.508 e. The standard InChI is InChI=1S/C13H16N2O2/c1-15-6-8-5-14-13(17)11-4-9(16)2-3-10(11)12(8)7-15/h2-4,8,12,16H,5-7H2,1H3,(H,14,17)/t8-,12-/m1/s1. The summed E-state index contributed by atoms with van der Waals surface area (Å²) in [4.78, 5) is 14.2. The number of phenolic OH excluding ortho intramolecular Hbond substituents is 1. The van der Waals surface area contributed by atoms with Crippen LogP contribution in [0.1, 0.15) is 21.8 Å². The average Bonchev–Trinajstić information content (AvgIpc) is 2.62. The Labute approximate surface area is 100 Å². The zero-order valence-corrected chi connectivity index (χ0v) is 9.81. The molecule has 0 saturated carbocycles. The highest BCUT2D eigenvalue weighted by Crippen LogP contribution is 2.36. The van der Waals surface area contributed by atoms with Gasteiger partial charge in [0, 0.05) is 31.1 Å². The molecular formula is C13H16N2O2. The molecule has 2 aliphatic heterocycles. The third-order valence-corrected chi connectivity index (χ3v) is 3.83. The van der Waals surface area contributed by atoms with Crippen LogP contribution in [0.3, 0.4) is 0 Å². The van der Waals surface area contributed by atoms with Gasteiger partial charge in [-0.1, -0.05) is 6.07 Å². The molecule has 1 amide bonds. The van der Waals surface area contributed by atoms with Gasteiger partial charge in [0.15, 0.2) is 0 Å². The fraction of sp³-hybridized carbons (Fsp3) is 0.462. The Kier molecular flexibility index (Phi) is 2.33. The Balaban J connectivity index is 2.09. The van der Waals surface area contributed by atoms with Crippen LogP contribution in [-0.2, 0) is 0 Å². The number of aromatic hydroxyl groups is 1. The lowest BCUT2D eigenvalue weighted by molar-refractivity contribution is 0.0951. The van der Waals surface area contributed by atoms with E-state index < -0.39 is 0 Å². The van der Waals surface area contributed by atoms with Crippen molar-refractivity contribution in [2.75, 3.05) is 26.7 Å². The smallest absolute Gasteiger partial charge is 0.251 e. The molecule has 0 aliphatic carbocycles. The molecule has 2 atom stereocenters. The maximum Gasteiger partial charge on any atom is 0.251 e. The molecule has 4 heteroatoms. The average molecular weight is 232 g/mol. The first-order chi connectivity index (χ1) is 8.15. The number of phenols is 1. The van der Waals surface area contributed by atoms with E-state index in [1.807, 2.05) is 6.07 Å². The molecule has 1 saturated heterocycles. The number of likely N-dealkylation sites (N-methyl/N-ethyl adjacent to an activating group) is 1. The Bertz CT molecular complexity index is 472. The van der Waals surface area contributed by atoms with Crippen LogP contribution < -0.4 is 5.32 Å². The fourth-order valence-electron chi connectivity index (χ4n) is 3.03. The first kappa shape index (κ1) is 10.6. The molecule has 2 N–H and O–H groups in total. The van der Waals surface area contributed by atoms with Crippen molar-refractivity contribution in [3.05, 3.63) is 29.3 Å². The summed E-state index contributed by atoms with van der Waals surface area (Å²) in [6, 6.07) is 5.14. The summed E-state index contributed by atoms with van der Waals surface area (Å²) in [6.45, 7) is 2.73. The van der Waals surface area contributed by atoms with Crippen LogP contribution in [0.5, 0.6) is 5.75 Å². The van der Waals surface area contributed by atoms with Crippen molar-refractivity contribution in [3.63, 3.8) is 0 Å². The largest absolute Gasteiger partial charge is 0.508 e. The van der Waals surface area contributed by atoms with Crippen molar-refractivity contribution in [1.29, 1.82) is 0 Å². The van der Waals surface area contributed by atoms with Gasteiger partial charge in [0.25, 0.3) is 5.91 Å². The molecule has 17 heavy (non-hydrogen) atoms. The first-order valence-corrected chi connectivity index (χ1v) is 5.95. The number of hydrogen-bond donors (Lipinski definition) is 2. The highest BCUT2D eigenvalue weighted by atomic mass is 16.3. The molecule has 0 bridgehead atoms. The van der Waals surface area contributed by atoms with Crippen molar-refractivity contribution in [2.45, 2.75) is 5.92 Å². The van der Waals surface area contributed by atoms with E-state index in [2.05, 4.69) is 17.3 Å². The molecule has 0 aromatic heterocycles. The van der Waals surface area contributed by atoms with Crippen molar-refractivity contribution >= 4 is 5.91 Å². The molecule has 1 fully saturated rings. The number of likely N-dealkylation sites (tertiary alicyclic amines) is 1. The SMILES string of the molecule is CN1C[C@H]2CNC(=O)c3cc(O)ccc3[C@@H]2C1. The van der Waals surface area contributed by atoms with Gasteiger partial charge in [-0.2, -0.15) is 0 Å². The normalized spacial score (nSPS) is 28.2. The van der Waals surface area contributed by atoms with Gasteiger partial charge in [-0.15, -0.1) is 0 Å². The van der Waals surface area contributed by atoms with E-state index in [0.717, 1.165) is 25.2 Å². The summed E-state index contributed by atoms with van der Waals surface area (Å²) in [7, 11) is 2.11. The molecule has 90 valence electrons. The van der Waals surface area contributed by atoms with Gasteiger partial charge >= 0.3 is 0 Å². The molecule has 3 rings (SSSR count). The van der Waals surface area contributed by atoms with E-state index >= 15 is 0 Å². The van der Waals surface area contributed by atoms with Crippen LogP contribution in [0.25, 0.3) is 0 Å². The lowest BCUT2D eigenvalue weighted by atomic mass is 9.87. The summed E-state index contributed by atoms with van der Waals surface area (Å²) in [6.07, 6.45) is 0. The molecule has 0 radical (unpaired) electrons. The zero-order valence-electron chi connectivity index (χ0n) is 9.81. The van der Waals surface area contributed by atoms with Crippen LogP contribution in [0, 0.1) is 5.92 Å². The lowest BCUT2D eigenvalue weighted by Gasteiger charge is -2.16. The number of carbonyl (C=O) groups is 1. The molecular weight excluding hydrogens is 216 g/mol. The summed E-state index contributed by atoms with van der Waals surface area (Å²) in [5, 5.41) is 12.4. The van der Waals surface area contributed by atoms with Gasteiger partial charge in [-0.05, 0) is 30.7 Å². The second-order valence-corrected chi connectivity index (χ2v) is 5.07. The van der Waals surface area contributed by atoms with Gasteiger partial charge in [0.1, 0.15) is 5.75 Å². The Hall–Kier alpha value is -1.55. The molecule has 1 aromatic rings. The topological polar surface area (TPSA) is 52.6 Å². The summed E-state index contributed by atoms with van der Waals surface area (Å²) in [5.41, 5.74) is 1.71. The van der Waals surface area contributed by atoms with Crippen molar-refractivity contribution in [3.8, 4) is 5.75 Å². The molecule has 2 aliphatic rings. The monoisotopic (exact) mass is 232 g/mol. The number of hydrogen-bond acceptors (Lipinski definition) is 3. The second kappa shape index (κ2) is 3.74. The number of nitrogens with zero attached hydrogens (tertiary/aromatic N) is 1. The number of benzene rings is 1. The summed E-state index contributed by atoms with van der Waals surface area (Å²) >= 11 is 0. The van der Waals surface area contributed by atoms with Gasteiger partial charge in [-0.25, -0.2) is 0 Å². The third kappa shape index (κ3) is 1.69. The van der Waals surface area contributed by atoms with E-state index in [1.165, 1.54) is 0 Å². The van der Waals surface area contributed by atoms with E-state index in [1.54, 1.807) is 12.1 Å². The van der Waals surface area contributed by atoms with Crippen LogP contribution in [0.4, 0.5) is 0 Å². The Morgan fingerprint density at radius 3 is 3.06 bits per heavy atom. The number of carbonyl (C=O) groups excluding carboxylic acids is 1. The van der Waals surface area contributed by atoms with Crippen molar-refractivity contribution in [2.24, 2.45) is 5.92 Å². The van der Waals surface area contributed by atoms with Crippen LogP contribution >= 0.6 is 0 Å². The molecule has 2 heterocycles. The molecule has 0 spiro atoms. The number of rotatable bonds is 0. The highest BCUT2D eigenvalue weighted by molar-refractivity contribution is 5.96. The fourth-order valence-corrected chi connectivity index (χ4v) is 3.03. The predicted octanol–water partition coefficient (Wildman–Crippen LogP) is 0.781. The molecule has 1 aromatic carbocycles. The second-order valence-electron chi connectivity index (χ2n) is 5.07. The lowest BCUT2D eigenvalue weighted by Crippen LogP contribution is -2.29. The number of amides is 1. The maximum absolute atomic E-state index is 11.9. The van der Waals surface area contributed by atoms with Gasteiger partial charge < -0.3 is 15.3 Å². The maximum atomic E-state index is 11.9. The molecule has 0 unspecified atom stereocenters. The predicted molar refractivity (Wildman–Crippen MR) is 64.2 cm³/mol. The summed E-state index contributed by atoms with van der Waals surface area (Å²) in [5.74, 6) is 0.973. The Morgan fingerprint density at radius 2 is 2.24 bits per heavy atom. The van der Waals surface area contributed by atoms with Gasteiger partial charge in [0.2, 0.25) is 0 Å². The van der Waals surface area contributed by atoms with Gasteiger partial charge in [-0.3, -0.25) is 4.79 Å². The number of nitrogens with one attached hydrogen (secondary N) is 1. The molecule has 4 nitrogen and oxygen atoms in total. The third-order valence-electron chi connectivity index (χ3n) is 3.83. The highest BCUT2D eigenvalue weighted by Gasteiger charge is 2.36. The van der Waals surface area contributed by atoms with E-state index in [9.17, 15) is 9.90 Å². The first-order valence-electron chi connectivity index (χ1n) is 5.95. The number of fused-ring (bicyclic) bond motifs is 3. The van der Waals surface area contributed by atoms with Crippen molar-refractivity contribution < 1.29 is 9.90 Å². The van der Waals surface area contributed by atoms with Crippen LogP contribution in [0.15, 0.2) is 18.2 Å². The minimum absolute atomic E-state index is 0.0621. The van der Waals surface area contributed by atoms with Gasteiger partial charge in [0.05, 0.1) is 0 Å². The minimum atomic E-state index is -0.0621.